The minimum atomic E-state index is -0.344. The standard InChI is InChI=1S/C21H19FN4O2/c22-17-5-7-18(8-6-17)23-21(27)16-3-1-15(2-4-16)19-9-10-20(25-24-19)26-11-13-28-14-12-26/h1-10H,11-14H2,(H,23,27). The Balaban J connectivity index is 1.43. The fraction of sp³-hybridized carbons (Fsp3) is 0.190. The van der Waals surface area contributed by atoms with Gasteiger partial charge in [0.15, 0.2) is 5.82 Å². The molecule has 1 aliphatic rings. The zero-order valence-electron chi connectivity index (χ0n) is 15.1. The molecule has 2 aromatic carbocycles. The molecule has 7 heteroatoms. The Morgan fingerprint density at radius 2 is 1.64 bits per heavy atom. The lowest BCUT2D eigenvalue weighted by Gasteiger charge is -2.27. The van der Waals surface area contributed by atoms with Gasteiger partial charge in [-0.05, 0) is 48.5 Å². The molecule has 0 spiro atoms. The minimum absolute atomic E-state index is 0.257. The summed E-state index contributed by atoms with van der Waals surface area (Å²) in [5.74, 6) is 0.234. The number of rotatable bonds is 4. The maximum Gasteiger partial charge on any atom is 0.255 e. The molecule has 0 atom stereocenters. The van der Waals surface area contributed by atoms with E-state index in [4.69, 9.17) is 4.74 Å². The number of hydrogen-bond acceptors (Lipinski definition) is 5. The summed E-state index contributed by atoms with van der Waals surface area (Å²) in [6.07, 6.45) is 0. The summed E-state index contributed by atoms with van der Waals surface area (Å²) in [6.45, 7) is 3.02. The minimum Gasteiger partial charge on any atom is -0.378 e. The number of benzene rings is 2. The molecule has 1 N–H and O–H groups in total. The predicted molar refractivity (Wildman–Crippen MR) is 105 cm³/mol. The van der Waals surface area contributed by atoms with Crippen molar-refractivity contribution in [3.63, 3.8) is 0 Å². The highest BCUT2D eigenvalue weighted by Gasteiger charge is 2.13. The van der Waals surface area contributed by atoms with Crippen LogP contribution in [-0.2, 0) is 4.74 Å². The predicted octanol–water partition coefficient (Wildman–Crippen LogP) is 3.37. The topological polar surface area (TPSA) is 67.4 Å². The zero-order valence-corrected chi connectivity index (χ0v) is 15.1. The Morgan fingerprint density at radius 1 is 0.929 bits per heavy atom. The summed E-state index contributed by atoms with van der Waals surface area (Å²) in [6, 6.07) is 16.6. The van der Waals surface area contributed by atoms with Crippen molar-refractivity contribution in [2.45, 2.75) is 0 Å². The largest absolute Gasteiger partial charge is 0.378 e. The average Bonchev–Trinajstić information content (AvgIpc) is 2.76. The number of nitrogens with one attached hydrogen (secondary N) is 1. The number of nitrogens with zero attached hydrogens (tertiary/aromatic N) is 3. The smallest absolute Gasteiger partial charge is 0.255 e. The summed E-state index contributed by atoms with van der Waals surface area (Å²) >= 11 is 0. The third-order valence-electron chi connectivity index (χ3n) is 4.53. The van der Waals surface area contributed by atoms with Gasteiger partial charge in [-0.25, -0.2) is 4.39 Å². The van der Waals surface area contributed by atoms with Crippen LogP contribution in [0.1, 0.15) is 10.4 Å². The lowest BCUT2D eigenvalue weighted by Crippen LogP contribution is -2.36. The highest BCUT2D eigenvalue weighted by molar-refractivity contribution is 6.04. The SMILES string of the molecule is O=C(Nc1ccc(F)cc1)c1ccc(-c2ccc(N3CCOCC3)nn2)cc1. The Labute approximate surface area is 162 Å². The third kappa shape index (κ3) is 4.15. The van der Waals surface area contributed by atoms with E-state index in [2.05, 4.69) is 20.4 Å². The second-order valence-electron chi connectivity index (χ2n) is 6.41. The molecule has 0 unspecified atom stereocenters. The second-order valence-corrected chi connectivity index (χ2v) is 6.41. The first kappa shape index (κ1) is 18.1. The Hall–Kier alpha value is -3.32. The summed E-state index contributed by atoms with van der Waals surface area (Å²) < 4.78 is 18.3. The maximum atomic E-state index is 13.0. The molecule has 1 amide bonds. The van der Waals surface area contributed by atoms with Gasteiger partial charge in [0, 0.05) is 29.9 Å². The molecule has 1 fully saturated rings. The van der Waals surface area contributed by atoms with E-state index in [0.29, 0.717) is 24.5 Å². The highest BCUT2D eigenvalue weighted by atomic mass is 19.1. The number of halogens is 1. The summed E-state index contributed by atoms with van der Waals surface area (Å²) in [5.41, 5.74) is 2.66. The van der Waals surface area contributed by atoms with Crippen LogP contribution in [0.15, 0.2) is 60.7 Å². The number of amides is 1. The normalized spacial score (nSPS) is 14.0. The van der Waals surface area contributed by atoms with Crippen LogP contribution in [0, 0.1) is 5.82 Å². The lowest BCUT2D eigenvalue weighted by atomic mass is 10.1. The van der Waals surface area contributed by atoms with Gasteiger partial charge in [-0.15, -0.1) is 10.2 Å². The van der Waals surface area contributed by atoms with E-state index in [0.717, 1.165) is 30.2 Å². The number of hydrogen-bond donors (Lipinski definition) is 1. The first-order valence-electron chi connectivity index (χ1n) is 9.03. The van der Waals surface area contributed by atoms with Crippen LogP contribution in [0.5, 0.6) is 0 Å². The second kappa shape index (κ2) is 8.14. The molecule has 0 aliphatic carbocycles. The van der Waals surface area contributed by atoms with E-state index < -0.39 is 0 Å². The van der Waals surface area contributed by atoms with Crippen LogP contribution >= 0.6 is 0 Å². The van der Waals surface area contributed by atoms with E-state index in [9.17, 15) is 9.18 Å². The average molecular weight is 378 g/mol. The molecular formula is C21H19FN4O2. The molecule has 6 nitrogen and oxygen atoms in total. The Morgan fingerprint density at radius 3 is 2.29 bits per heavy atom. The number of carbonyl (C=O) groups is 1. The van der Waals surface area contributed by atoms with Gasteiger partial charge in [0.1, 0.15) is 5.82 Å². The number of anilines is 2. The monoisotopic (exact) mass is 378 g/mol. The van der Waals surface area contributed by atoms with Crippen LogP contribution in [0.3, 0.4) is 0 Å². The molecule has 4 rings (SSSR count). The van der Waals surface area contributed by atoms with Gasteiger partial charge in [-0.1, -0.05) is 12.1 Å². The summed E-state index contributed by atoms with van der Waals surface area (Å²) in [5, 5.41) is 11.4. The van der Waals surface area contributed by atoms with Crippen molar-refractivity contribution in [2.24, 2.45) is 0 Å². The molecule has 0 bridgehead atoms. The molecule has 3 aromatic rings. The van der Waals surface area contributed by atoms with Gasteiger partial charge in [-0.2, -0.15) is 0 Å². The molecule has 2 heterocycles. The van der Waals surface area contributed by atoms with Crippen LogP contribution in [0.2, 0.25) is 0 Å². The van der Waals surface area contributed by atoms with Crippen molar-refractivity contribution >= 4 is 17.4 Å². The fourth-order valence-corrected chi connectivity index (χ4v) is 2.97. The van der Waals surface area contributed by atoms with Crippen molar-refractivity contribution in [1.82, 2.24) is 10.2 Å². The van der Waals surface area contributed by atoms with Crippen LogP contribution < -0.4 is 10.2 Å². The van der Waals surface area contributed by atoms with Gasteiger partial charge in [0.2, 0.25) is 0 Å². The molecule has 0 saturated carbocycles. The Kier molecular flexibility index (Phi) is 5.25. The number of aromatic nitrogens is 2. The van der Waals surface area contributed by atoms with Gasteiger partial charge < -0.3 is 15.0 Å². The van der Waals surface area contributed by atoms with Gasteiger partial charge in [0.25, 0.3) is 5.91 Å². The van der Waals surface area contributed by atoms with Crippen molar-refractivity contribution in [1.29, 1.82) is 0 Å². The highest BCUT2D eigenvalue weighted by Crippen LogP contribution is 2.20. The first-order valence-corrected chi connectivity index (χ1v) is 9.03. The van der Waals surface area contributed by atoms with Crippen LogP contribution in [-0.4, -0.2) is 42.4 Å². The van der Waals surface area contributed by atoms with E-state index in [1.54, 1.807) is 12.1 Å². The first-order chi connectivity index (χ1) is 13.7. The van der Waals surface area contributed by atoms with Gasteiger partial charge in [-0.3, -0.25) is 4.79 Å². The van der Waals surface area contributed by atoms with Gasteiger partial charge >= 0.3 is 0 Å². The van der Waals surface area contributed by atoms with Crippen molar-refractivity contribution in [3.8, 4) is 11.3 Å². The molecule has 28 heavy (non-hydrogen) atoms. The van der Waals surface area contributed by atoms with Crippen LogP contribution in [0.25, 0.3) is 11.3 Å². The molecule has 1 aromatic heterocycles. The quantitative estimate of drug-likeness (QED) is 0.754. The zero-order chi connectivity index (χ0) is 19.3. The van der Waals surface area contributed by atoms with E-state index in [-0.39, 0.29) is 11.7 Å². The van der Waals surface area contributed by atoms with Crippen molar-refractivity contribution < 1.29 is 13.9 Å². The summed E-state index contributed by atoms with van der Waals surface area (Å²) in [7, 11) is 0. The van der Waals surface area contributed by atoms with E-state index in [1.165, 1.54) is 24.3 Å². The fourth-order valence-electron chi connectivity index (χ4n) is 2.97. The summed E-state index contributed by atoms with van der Waals surface area (Å²) in [4.78, 5) is 14.5. The molecule has 0 radical (unpaired) electrons. The van der Waals surface area contributed by atoms with E-state index in [1.807, 2.05) is 24.3 Å². The number of morpholine rings is 1. The third-order valence-corrected chi connectivity index (χ3v) is 4.53. The lowest BCUT2D eigenvalue weighted by molar-refractivity contribution is 0.102. The van der Waals surface area contributed by atoms with Gasteiger partial charge in [0.05, 0.1) is 18.9 Å². The Bertz CT molecular complexity index is 938. The van der Waals surface area contributed by atoms with Crippen molar-refractivity contribution in [2.75, 3.05) is 36.5 Å². The van der Waals surface area contributed by atoms with Crippen molar-refractivity contribution in [3.05, 3.63) is 72.0 Å². The molecule has 1 saturated heterocycles. The molecule has 142 valence electrons. The molecule has 1 aliphatic heterocycles. The number of carbonyl (C=O) groups excluding carboxylic acids is 1. The maximum absolute atomic E-state index is 13.0. The van der Waals surface area contributed by atoms with E-state index >= 15 is 0 Å². The molecular weight excluding hydrogens is 359 g/mol. The van der Waals surface area contributed by atoms with Crippen LogP contribution in [0.4, 0.5) is 15.9 Å². The number of ether oxygens (including phenoxy) is 1.